The van der Waals surface area contributed by atoms with Gasteiger partial charge in [-0.2, -0.15) is 0 Å². The molecule has 0 amide bonds. The summed E-state index contributed by atoms with van der Waals surface area (Å²) in [6, 6.07) is 14.0. The molecule has 1 fully saturated rings. The molecule has 1 aliphatic rings. The second kappa shape index (κ2) is 11.1. The standard InChI is InChI=1S/C31H32F2N6/c1-19-13-22(16-24-26(32)7-6-8-27(24)33)36-18-30(19)38-31(35)25(17-34)20(2)29-15-21-14-23(9-10-28(21)37-29)39-11-4-3-5-12-39/h6-10,13-15,17-18,34,37-38H,2-5,11-12,16,35H2,1H3/b31-25+,34-17?. The normalized spacial score (nSPS) is 14.3. The van der Waals surface area contributed by atoms with Crippen LogP contribution in [-0.2, 0) is 6.42 Å². The van der Waals surface area contributed by atoms with Crippen LogP contribution in [0.5, 0.6) is 0 Å². The maximum atomic E-state index is 14.1. The van der Waals surface area contributed by atoms with Crippen molar-refractivity contribution in [2.24, 2.45) is 5.73 Å². The molecule has 0 unspecified atom stereocenters. The van der Waals surface area contributed by atoms with E-state index in [1.807, 2.05) is 13.0 Å². The number of aromatic nitrogens is 2. The van der Waals surface area contributed by atoms with Crippen LogP contribution in [0.2, 0.25) is 0 Å². The highest BCUT2D eigenvalue weighted by Gasteiger charge is 2.16. The quantitative estimate of drug-likeness (QED) is 0.152. The van der Waals surface area contributed by atoms with Gasteiger partial charge in [-0.1, -0.05) is 12.6 Å². The summed E-state index contributed by atoms with van der Waals surface area (Å²) in [5, 5.41) is 12.2. The fourth-order valence-electron chi connectivity index (χ4n) is 5.04. The summed E-state index contributed by atoms with van der Waals surface area (Å²) in [5.41, 5.74) is 12.3. The van der Waals surface area contributed by atoms with Crippen molar-refractivity contribution < 1.29 is 8.78 Å². The van der Waals surface area contributed by atoms with E-state index in [0.717, 1.165) is 35.2 Å². The number of allylic oxidation sites excluding steroid dienone is 2. The van der Waals surface area contributed by atoms with Crippen LogP contribution in [0, 0.1) is 24.0 Å². The van der Waals surface area contributed by atoms with Crippen LogP contribution in [0.3, 0.4) is 0 Å². The maximum absolute atomic E-state index is 14.1. The largest absolute Gasteiger partial charge is 0.385 e. The SMILES string of the molecule is C=C(/C(C=N)=C(\N)Nc1cnc(Cc2c(F)cccc2F)cc1C)c1cc2cc(N3CCCCC3)ccc2[nH]1. The van der Waals surface area contributed by atoms with Gasteiger partial charge in [0.25, 0.3) is 0 Å². The molecule has 0 bridgehead atoms. The number of nitrogens with zero attached hydrogens (tertiary/aromatic N) is 2. The molecule has 0 saturated carbocycles. The molecule has 1 aliphatic heterocycles. The number of fused-ring (bicyclic) bond motifs is 1. The van der Waals surface area contributed by atoms with Crippen molar-refractivity contribution in [2.45, 2.75) is 32.6 Å². The van der Waals surface area contributed by atoms with Gasteiger partial charge >= 0.3 is 0 Å². The van der Waals surface area contributed by atoms with Crippen molar-refractivity contribution in [3.8, 4) is 0 Å². The van der Waals surface area contributed by atoms with Gasteiger partial charge in [-0.05, 0) is 74.2 Å². The average Bonchev–Trinajstić information content (AvgIpc) is 3.37. The molecule has 39 heavy (non-hydrogen) atoms. The highest BCUT2D eigenvalue weighted by atomic mass is 19.1. The minimum absolute atomic E-state index is 0.0201. The van der Waals surface area contributed by atoms with Gasteiger partial charge in [-0.3, -0.25) is 4.98 Å². The van der Waals surface area contributed by atoms with Gasteiger partial charge in [0, 0.05) is 70.4 Å². The number of rotatable bonds is 8. The van der Waals surface area contributed by atoms with E-state index >= 15 is 0 Å². The van der Waals surface area contributed by atoms with E-state index in [9.17, 15) is 8.78 Å². The Bertz CT molecular complexity index is 1560. The average molecular weight is 527 g/mol. The van der Waals surface area contributed by atoms with E-state index in [1.165, 1.54) is 49.4 Å². The maximum Gasteiger partial charge on any atom is 0.129 e. The van der Waals surface area contributed by atoms with E-state index in [-0.39, 0.29) is 17.8 Å². The first-order valence-corrected chi connectivity index (χ1v) is 13.1. The molecule has 2 aromatic carbocycles. The Kier molecular flexibility index (Phi) is 7.45. The number of piperidine rings is 1. The first-order chi connectivity index (χ1) is 18.8. The van der Waals surface area contributed by atoms with E-state index in [2.05, 4.69) is 45.0 Å². The molecule has 200 valence electrons. The zero-order valence-electron chi connectivity index (χ0n) is 22.0. The zero-order chi connectivity index (χ0) is 27.5. The summed E-state index contributed by atoms with van der Waals surface area (Å²) < 4.78 is 28.1. The number of hydrogen-bond donors (Lipinski definition) is 4. The molecule has 5 rings (SSSR count). The second-order valence-corrected chi connectivity index (χ2v) is 9.95. The van der Waals surface area contributed by atoms with Crippen molar-refractivity contribution in [3.63, 3.8) is 0 Å². The van der Waals surface area contributed by atoms with Crippen molar-refractivity contribution >= 4 is 34.1 Å². The number of aryl methyl sites for hydroxylation is 1. The Morgan fingerprint density at radius 3 is 2.56 bits per heavy atom. The number of hydrogen-bond acceptors (Lipinski definition) is 5. The number of nitrogens with two attached hydrogens (primary N) is 1. The lowest BCUT2D eigenvalue weighted by atomic mass is 10.0. The van der Waals surface area contributed by atoms with E-state index < -0.39 is 11.6 Å². The molecule has 5 N–H and O–H groups in total. The van der Waals surface area contributed by atoms with Crippen LogP contribution in [0.15, 0.2) is 72.7 Å². The monoisotopic (exact) mass is 526 g/mol. The molecule has 0 atom stereocenters. The highest BCUT2D eigenvalue weighted by molar-refractivity contribution is 6.01. The van der Waals surface area contributed by atoms with Crippen LogP contribution in [0.4, 0.5) is 20.2 Å². The van der Waals surface area contributed by atoms with Crippen molar-refractivity contribution in [3.05, 3.63) is 107 Å². The van der Waals surface area contributed by atoms with Gasteiger partial charge in [0.1, 0.15) is 17.5 Å². The van der Waals surface area contributed by atoms with Crippen LogP contribution in [-0.4, -0.2) is 29.3 Å². The molecule has 6 nitrogen and oxygen atoms in total. The first kappa shape index (κ1) is 26.2. The number of H-pyrrole nitrogens is 1. The van der Waals surface area contributed by atoms with Crippen molar-refractivity contribution in [2.75, 3.05) is 23.3 Å². The molecule has 1 saturated heterocycles. The third kappa shape index (κ3) is 5.55. The number of pyridine rings is 1. The third-order valence-electron chi connectivity index (χ3n) is 7.27. The number of anilines is 2. The summed E-state index contributed by atoms with van der Waals surface area (Å²) >= 11 is 0. The minimum atomic E-state index is -0.599. The smallest absolute Gasteiger partial charge is 0.129 e. The zero-order valence-corrected chi connectivity index (χ0v) is 22.0. The summed E-state index contributed by atoms with van der Waals surface area (Å²) in [5.74, 6) is -0.948. The Morgan fingerprint density at radius 1 is 1.13 bits per heavy atom. The lowest BCUT2D eigenvalue weighted by molar-refractivity contribution is 0.560. The molecule has 0 radical (unpaired) electrons. The summed E-state index contributed by atoms with van der Waals surface area (Å²) in [4.78, 5) is 10.2. The summed E-state index contributed by atoms with van der Waals surface area (Å²) in [7, 11) is 0. The van der Waals surface area contributed by atoms with Crippen LogP contribution >= 0.6 is 0 Å². The Labute approximate surface area is 226 Å². The molecule has 2 aromatic heterocycles. The second-order valence-electron chi connectivity index (χ2n) is 9.95. The van der Waals surface area contributed by atoms with Crippen LogP contribution < -0.4 is 16.0 Å². The van der Waals surface area contributed by atoms with E-state index in [0.29, 0.717) is 22.5 Å². The Balaban J connectivity index is 1.35. The number of halogens is 2. The fourth-order valence-corrected chi connectivity index (χ4v) is 5.04. The van der Waals surface area contributed by atoms with Gasteiger partial charge in [-0.15, -0.1) is 0 Å². The van der Waals surface area contributed by atoms with Gasteiger partial charge in [-0.25, -0.2) is 8.78 Å². The van der Waals surface area contributed by atoms with E-state index in [1.54, 1.807) is 12.3 Å². The Hall–Kier alpha value is -4.46. The summed E-state index contributed by atoms with van der Waals surface area (Å²) in [6.45, 7) is 8.22. The Morgan fingerprint density at radius 2 is 1.87 bits per heavy atom. The molecule has 8 heteroatoms. The molecule has 4 aromatic rings. The number of aromatic amines is 1. The molecule has 0 spiro atoms. The van der Waals surface area contributed by atoms with Gasteiger partial charge in [0.05, 0.1) is 11.9 Å². The summed E-state index contributed by atoms with van der Waals surface area (Å²) in [6.07, 6.45) is 6.50. The van der Waals surface area contributed by atoms with Gasteiger partial charge < -0.3 is 26.3 Å². The third-order valence-corrected chi connectivity index (χ3v) is 7.27. The van der Waals surface area contributed by atoms with Crippen molar-refractivity contribution in [1.29, 1.82) is 5.41 Å². The predicted octanol–water partition coefficient (Wildman–Crippen LogP) is 6.68. The lowest BCUT2D eigenvalue weighted by Gasteiger charge is -2.28. The number of nitrogens with one attached hydrogen (secondary N) is 3. The molecular weight excluding hydrogens is 494 g/mol. The predicted molar refractivity (Wildman–Crippen MR) is 155 cm³/mol. The van der Waals surface area contributed by atoms with Gasteiger partial charge in [0.15, 0.2) is 0 Å². The molecule has 0 aliphatic carbocycles. The first-order valence-electron chi connectivity index (χ1n) is 13.1. The van der Waals surface area contributed by atoms with Crippen LogP contribution in [0.1, 0.15) is 41.8 Å². The molecular formula is C31H32F2N6. The lowest BCUT2D eigenvalue weighted by Crippen LogP contribution is -2.29. The fraction of sp³-hybridized carbons (Fsp3) is 0.226. The van der Waals surface area contributed by atoms with Crippen molar-refractivity contribution in [1.82, 2.24) is 9.97 Å². The van der Waals surface area contributed by atoms with E-state index in [4.69, 9.17) is 11.1 Å². The highest BCUT2D eigenvalue weighted by Crippen LogP contribution is 2.30. The van der Waals surface area contributed by atoms with Gasteiger partial charge in [0.2, 0.25) is 0 Å². The number of benzene rings is 2. The topological polar surface area (TPSA) is 93.8 Å². The molecule has 3 heterocycles. The minimum Gasteiger partial charge on any atom is -0.385 e. The van der Waals surface area contributed by atoms with Crippen LogP contribution in [0.25, 0.3) is 16.5 Å².